The molecule has 0 radical (unpaired) electrons. The molecule has 1 N–H and O–H groups in total. The molecule has 0 unspecified atom stereocenters. The van der Waals surface area contributed by atoms with Crippen molar-refractivity contribution >= 4 is 63.1 Å². The van der Waals surface area contributed by atoms with Gasteiger partial charge in [0.2, 0.25) is 4.96 Å². The molecule has 0 saturated carbocycles. The monoisotopic (exact) mass is 459 g/mol. The molecule has 0 aliphatic rings. The van der Waals surface area contributed by atoms with E-state index in [1.54, 1.807) is 34.8 Å². The van der Waals surface area contributed by atoms with Gasteiger partial charge >= 0.3 is 0 Å². The van der Waals surface area contributed by atoms with Crippen LogP contribution in [-0.2, 0) is 4.79 Å². The smallest absolute Gasteiger partial charge is 0.269 e. The standard InChI is InChI=1S/C19H11Cl2N5O3S/c20-12-4-7-15(21)14(9-12)16-10-30-19-23-18(24-25(16)19)22-17(27)8-3-11-1-5-13(6-2-11)26(28)29/h1-10H,(H,22,24,27)/b8-3+. The highest BCUT2D eigenvalue weighted by molar-refractivity contribution is 7.15. The molecule has 0 fully saturated rings. The van der Waals surface area contributed by atoms with Gasteiger partial charge in [-0.3, -0.25) is 20.2 Å². The van der Waals surface area contributed by atoms with Gasteiger partial charge in [0.1, 0.15) is 0 Å². The van der Waals surface area contributed by atoms with Crippen molar-refractivity contribution in [3.8, 4) is 11.3 Å². The van der Waals surface area contributed by atoms with Gasteiger partial charge in [-0.15, -0.1) is 16.4 Å². The van der Waals surface area contributed by atoms with Gasteiger partial charge in [0, 0.05) is 34.2 Å². The van der Waals surface area contributed by atoms with Crippen LogP contribution in [0.4, 0.5) is 11.6 Å². The Hall–Kier alpha value is -3.27. The second-order valence-electron chi connectivity index (χ2n) is 6.05. The molecular weight excluding hydrogens is 449 g/mol. The fraction of sp³-hybridized carbons (Fsp3) is 0. The van der Waals surface area contributed by atoms with Crippen molar-refractivity contribution in [2.24, 2.45) is 0 Å². The van der Waals surface area contributed by atoms with Gasteiger partial charge < -0.3 is 0 Å². The normalized spacial score (nSPS) is 11.3. The van der Waals surface area contributed by atoms with Gasteiger partial charge in [-0.1, -0.05) is 23.2 Å². The highest BCUT2D eigenvalue weighted by atomic mass is 35.5. The second-order valence-corrected chi connectivity index (χ2v) is 7.73. The molecule has 2 heterocycles. The third kappa shape index (κ3) is 4.18. The van der Waals surface area contributed by atoms with E-state index in [-0.39, 0.29) is 11.6 Å². The zero-order valence-corrected chi connectivity index (χ0v) is 17.3. The SMILES string of the molecule is O=C(/C=C/c1ccc([N+](=O)[O-])cc1)Nc1nc2scc(-c3cc(Cl)ccc3Cl)n2n1. The molecule has 4 rings (SSSR count). The Balaban J connectivity index is 1.51. The summed E-state index contributed by atoms with van der Waals surface area (Å²) in [5.74, 6) is -0.298. The predicted octanol–water partition coefficient (Wildman–Crippen LogP) is 5.32. The number of fused-ring (bicyclic) bond motifs is 1. The summed E-state index contributed by atoms with van der Waals surface area (Å²) in [6, 6.07) is 11.0. The summed E-state index contributed by atoms with van der Waals surface area (Å²) in [6.45, 7) is 0. The first-order valence-electron chi connectivity index (χ1n) is 8.44. The number of nitro benzene ring substituents is 1. The number of amides is 1. The zero-order valence-electron chi connectivity index (χ0n) is 15.0. The Bertz CT molecular complexity index is 1300. The molecule has 8 nitrogen and oxygen atoms in total. The van der Waals surface area contributed by atoms with Crippen LogP contribution in [0.2, 0.25) is 10.0 Å². The number of thiazole rings is 1. The van der Waals surface area contributed by atoms with Crippen LogP contribution in [0.15, 0.2) is 53.9 Å². The predicted molar refractivity (Wildman–Crippen MR) is 117 cm³/mol. The van der Waals surface area contributed by atoms with Crippen molar-refractivity contribution < 1.29 is 9.72 Å². The van der Waals surface area contributed by atoms with Crippen LogP contribution in [-0.4, -0.2) is 25.4 Å². The van der Waals surface area contributed by atoms with E-state index in [9.17, 15) is 14.9 Å². The van der Waals surface area contributed by atoms with E-state index in [0.717, 1.165) is 0 Å². The number of carbonyl (C=O) groups is 1. The van der Waals surface area contributed by atoms with E-state index < -0.39 is 10.8 Å². The van der Waals surface area contributed by atoms with E-state index >= 15 is 0 Å². The topological polar surface area (TPSA) is 102 Å². The van der Waals surface area contributed by atoms with Crippen molar-refractivity contribution in [1.82, 2.24) is 14.6 Å². The zero-order chi connectivity index (χ0) is 21.3. The average molecular weight is 460 g/mol. The second kappa shape index (κ2) is 8.23. The van der Waals surface area contributed by atoms with Gasteiger partial charge in [-0.25, -0.2) is 4.52 Å². The van der Waals surface area contributed by atoms with E-state index in [0.29, 0.717) is 31.8 Å². The first kappa shape index (κ1) is 20.0. The number of hydrogen-bond acceptors (Lipinski definition) is 6. The molecule has 0 aliphatic carbocycles. The van der Waals surface area contributed by atoms with Crippen LogP contribution >= 0.6 is 34.5 Å². The lowest BCUT2D eigenvalue weighted by Gasteiger charge is -2.02. The van der Waals surface area contributed by atoms with E-state index in [1.807, 2.05) is 5.38 Å². The molecule has 2 aromatic heterocycles. The summed E-state index contributed by atoms with van der Waals surface area (Å²) in [4.78, 5) is 27.2. The van der Waals surface area contributed by atoms with Crippen LogP contribution < -0.4 is 5.32 Å². The van der Waals surface area contributed by atoms with Crippen molar-refractivity contribution in [3.63, 3.8) is 0 Å². The highest BCUT2D eigenvalue weighted by Crippen LogP contribution is 2.33. The summed E-state index contributed by atoms with van der Waals surface area (Å²) in [5, 5.41) is 20.5. The quantitative estimate of drug-likeness (QED) is 0.247. The van der Waals surface area contributed by atoms with Gasteiger partial charge in [0.15, 0.2) is 0 Å². The van der Waals surface area contributed by atoms with Crippen LogP contribution in [0.3, 0.4) is 0 Å². The lowest BCUT2D eigenvalue weighted by atomic mass is 10.2. The number of non-ortho nitro benzene ring substituents is 1. The van der Waals surface area contributed by atoms with Gasteiger partial charge in [0.25, 0.3) is 17.5 Å². The minimum Gasteiger partial charge on any atom is -0.290 e. The van der Waals surface area contributed by atoms with Crippen LogP contribution in [0.5, 0.6) is 0 Å². The fourth-order valence-electron chi connectivity index (χ4n) is 2.64. The van der Waals surface area contributed by atoms with Gasteiger partial charge in [-0.05, 0) is 42.0 Å². The van der Waals surface area contributed by atoms with Crippen molar-refractivity contribution in [1.29, 1.82) is 0 Å². The summed E-state index contributed by atoms with van der Waals surface area (Å²) in [5.41, 5.74) is 2.04. The molecule has 4 aromatic rings. The van der Waals surface area contributed by atoms with Crippen molar-refractivity contribution in [2.45, 2.75) is 0 Å². The highest BCUT2D eigenvalue weighted by Gasteiger charge is 2.15. The maximum atomic E-state index is 12.2. The number of nitro groups is 1. The minimum absolute atomic E-state index is 0.0190. The van der Waals surface area contributed by atoms with E-state index in [2.05, 4.69) is 15.4 Å². The van der Waals surface area contributed by atoms with Crippen LogP contribution in [0.25, 0.3) is 22.3 Å². The molecule has 11 heteroatoms. The Labute approximate surface area is 183 Å². The van der Waals surface area contributed by atoms with Gasteiger partial charge in [-0.2, -0.15) is 4.98 Å². The summed E-state index contributed by atoms with van der Waals surface area (Å²) < 4.78 is 1.58. The molecule has 150 valence electrons. The Morgan fingerprint density at radius 1 is 1.20 bits per heavy atom. The fourth-order valence-corrected chi connectivity index (χ4v) is 3.85. The molecular formula is C19H11Cl2N5O3S. The first-order chi connectivity index (χ1) is 14.4. The largest absolute Gasteiger partial charge is 0.290 e. The first-order valence-corrected chi connectivity index (χ1v) is 10.1. The molecule has 0 saturated heterocycles. The van der Waals surface area contributed by atoms with Crippen LogP contribution in [0, 0.1) is 10.1 Å². The Kier molecular flexibility index (Phi) is 5.49. The number of aromatic nitrogens is 3. The minimum atomic E-state index is -0.485. The third-order valence-corrected chi connectivity index (χ3v) is 5.43. The number of nitrogens with one attached hydrogen (secondary N) is 1. The van der Waals surface area contributed by atoms with Crippen LogP contribution in [0.1, 0.15) is 5.56 Å². The van der Waals surface area contributed by atoms with Crippen molar-refractivity contribution in [2.75, 3.05) is 5.32 Å². The molecule has 2 aromatic carbocycles. The van der Waals surface area contributed by atoms with Gasteiger partial charge in [0.05, 0.1) is 15.6 Å². The van der Waals surface area contributed by atoms with Crippen molar-refractivity contribution in [3.05, 3.63) is 79.6 Å². The molecule has 30 heavy (non-hydrogen) atoms. The maximum absolute atomic E-state index is 12.2. The lowest BCUT2D eigenvalue weighted by Crippen LogP contribution is -2.09. The number of nitrogens with zero attached hydrogens (tertiary/aromatic N) is 4. The number of carbonyl (C=O) groups excluding carboxylic acids is 1. The third-order valence-electron chi connectivity index (χ3n) is 4.05. The number of halogens is 2. The average Bonchev–Trinajstić information content (AvgIpc) is 3.29. The summed E-state index contributed by atoms with van der Waals surface area (Å²) in [7, 11) is 0. The molecule has 0 atom stereocenters. The number of hydrogen-bond donors (Lipinski definition) is 1. The molecule has 0 bridgehead atoms. The van der Waals surface area contributed by atoms with E-state index in [1.165, 1.54) is 35.6 Å². The number of anilines is 1. The summed E-state index contributed by atoms with van der Waals surface area (Å²) >= 11 is 13.7. The molecule has 0 aliphatic heterocycles. The molecule has 1 amide bonds. The molecule has 0 spiro atoms. The number of benzene rings is 2. The number of rotatable bonds is 5. The Morgan fingerprint density at radius 2 is 1.97 bits per heavy atom. The lowest BCUT2D eigenvalue weighted by molar-refractivity contribution is -0.384. The summed E-state index contributed by atoms with van der Waals surface area (Å²) in [6.07, 6.45) is 2.83. The maximum Gasteiger partial charge on any atom is 0.269 e. The Morgan fingerprint density at radius 3 is 2.70 bits per heavy atom. The van der Waals surface area contributed by atoms with E-state index in [4.69, 9.17) is 23.2 Å².